The van der Waals surface area contributed by atoms with Crippen LogP contribution in [0.5, 0.6) is 0 Å². The molecule has 1 N–H and O–H groups in total. The van der Waals surface area contributed by atoms with Crippen LogP contribution >= 0.6 is 11.8 Å². The van der Waals surface area contributed by atoms with Gasteiger partial charge in [0.2, 0.25) is 17.7 Å². The zero-order valence-electron chi connectivity index (χ0n) is 20.8. The minimum Gasteiger partial charge on any atom is -0.394 e. The van der Waals surface area contributed by atoms with Crippen LogP contribution in [0, 0.1) is 11.8 Å². The summed E-state index contributed by atoms with van der Waals surface area (Å²) in [5.41, 5.74) is 0. The largest absolute Gasteiger partial charge is 0.394 e. The lowest BCUT2D eigenvalue weighted by molar-refractivity contribution is -0.146. The summed E-state index contributed by atoms with van der Waals surface area (Å²) in [6.45, 7) is 8.92. The first-order chi connectivity index (χ1) is 16.7. The molecular weight excluding hydrogens is 468 g/mol. The number of aliphatic hydroxyl groups excluding tert-OH is 1. The molecule has 0 aromatic rings. The van der Waals surface area contributed by atoms with Crippen molar-refractivity contribution in [2.75, 3.05) is 66.1 Å². The van der Waals surface area contributed by atoms with Gasteiger partial charge >= 0.3 is 0 Å². The van der Waals surface area contributed by atoms with Gasteiger partial charge in [-0.25, -0.2) is 0 Å². The normalized spacial score (nSPS) is 38.3. The molecule has 0 aromatic heterocycles. The first-order valence-electron chi connectivity index (χ1n) is 12.6. The van der Waals surface area contributed by atoms with Crippen LogP contribution < -0.4 is 0 Å². The van der Waals surface area contributed by atoms with Gasteiger partial charge in [0.05, 0.1) is 42.4 Å². The molecule has 5 heterocycles. The van der Waals surface area contributed by atoms with E-state index >= 15 is 0 Å². The van der Waals surface area contributed by atoms with E-state index in [9.17, 15) is 19.5 Å². The highest BCUT2D eigenvalue weighted by Gasteiger charge is 2.74. The maximum Gasteiger partial charge on any atom is 0.247 e. The number of ether oxygens (including phenoxy) is 1. The third-order valence-corrected chi connectivity index (χ3v) is 10.1. The minimum absolute atomic E-state index is 0.0632. The minimum atomic E-state index is -0.858. The fraction of sp³-hybridized carbons (Fsp3) is 0.720. The topological polar surface area (TPSA) is 93.6 Å². The number of nitrogens with zero attached hydrogens (tertiary/aromatic N) is 4. The van der Waals surface area contributed by atoms with Crippen molar-refractivity contribution in [3.63, 3.8) is 0 Å². The molecule has 0 bridgehead atoms. The fourth-order valence-corrected chi connectivity index (χ4v) is 8.62. The molecule has 5 aliphatic heterocycles. The molecule has 10 heteroatoms. The molecule has 3 amide bonds. The second-order valence-corrected chi connectivity index (χ2v) is 12.3. The van der Waals surface area contributed by atoms with Crippen molar-refractivity contribution in [3.8, 4) is 0 Å². The summed E-state index contributed by atoms with van der Waals surface area (Å²) in [6, 6.07) is -1.28. The third kappa shape index (κ3) is 3.84. The number of aliphatic hydroxyl groups is 1. The summed E-state index contributed by atoms with van der Waals surface area (Å²) in [6.07, 6.45) is 8.08. The van der Waals surface area contributed by atoms with Crippen LogP contribution in [-0.4, -0.2) is 130 Å². The van der Waals surface area contributed by atoms with Crippen LogP contribution in [0.25, 0.3) is 0 Å². The monoisotopic (exact) mass is 504 g/mol. The molecule has 0 aromatic carbocycles. The van der Waals surface area contributed by atoms with Crippen LogP contribution in [0.3, 0.4) is 0 Å². The summed E-state index contributed by atoms with van der Waals surface area (Å²) < 4.78 is 3.99. The quantitative estimate of drug-likeness (QED) is 0.519. The summed E-state index contributed by atoms with van der Waals surface area (Å²) in [5, 5.41) is 10.0. The molecule has 35 heavy (non-hydrogen) atoms. The number of morpholine rings is 1. The van der Waals surface area contributed by atoms with E-state index in [4.69, 9.17) is 4.74 Å². The molecule has 0 saturated carbocycles. The number of thioether (sulfide) groups is 1. The van der Waals surface area contributed by atoms with Crippen molar-refractivity contribution in [1.29, 1.82) is 0 Å². The Labute approximate surface area is 211 Å². The van der Waals surface area contributed by atoms with Crippen molar-refractivity contribution >= 4 is 29.5 Å². The third-order valence-electron chi connectivity index (χ3n) is 8.31. The Hall–Kier alpha value is -1.88. The molecule has 9 nitrogen and oxygen atoms in total. The number of rotatable bonds is 5. The maximum absolute atomic E-state index is 14.2. The predicted octanol–water partition coefficient (Wildman–Crippen LogP) is -0.186. The number of likely N-dealkylation sites (tertiary alicyclic amines) is 1. The van der Waals surface area contributed by atoms with Gasteiger partial charge in [0.15, 0.2) is 0 Å². The average molecular weight is 505 g/mol. The van der Waals surface area contributed by atoms with Gasteiger partial charge in [0, 0.05) is 51.1 Å². The lowest BCUT2D eigenvalue weighted by Crippen LogP contribution is -2.57. The summed E-state index contributed by atoms with van der Waals surface area (Å²) >= 11 is 1.58. The number of hydrogen-bond acceptors (Lipinski definition) is 7. The Morgan fingerprint density at radius 3 is 2.49 bits per heavy atom. The first kappa shape index (κ1) is 24.8. The molecule has 5 rings (SSSR count). The van der Waals surface area contributed by atoms with Crippen LogP contribution in [0.1, 0.15) is 13.8 Å². The highest BCUT2D eigenvalue weighted by atomic mass is 32.2. The van der Waals surface area contributed by atoms with Gasteiger partial charge in [-0.05, 0) is 13.8 Å². The lowest BCUT2D eigenvalue weighted by atomic mass is 9.74. The van der Waals surface area contributed by atoms with Crippen molar-refractivity contribution in [1.82, 2.24) is 19.6 Å². The summed E-state index contributed by atoms with van der Waals surface area (Å²) in [7, 11) is 1.76. The number of fused-ring (bicyclic) bond motifs is 2. The molecule has 1 spiro atoms. The van der Waals surface area contributed by atoms with Gasteiger partial charge in [0.25, 0.3) is 0 Å². The Kier molecular flexibility index (Phi) is 6.52. The van der Waals surface area contributed by atoms with E-state index in [1.165, 1.54) is 0 Å². The Morgan fingerprint density at radius 2 is 1.77 bits per heavy atom. The van der Waals surface area contributed by atoms with E-state index in [1.807, 2.05) is 30.1 Å². The molecule has 6 atom stereocenters. The highest BCUT2D eigenvalue weighted by Crippen LogP contribution is 2.65. The second kappa shape index (κ2) is 9.21. The summed E-state index contributed by atoms with van der Waals surface area (Å²) in [4.78, 5) is 49.2. The zero-order valence-corrected chi connectivity index (χ0v) is 21.6. The predicted molar refractivity (Wildman–Crippen MR) is 133 cm³/mol. The van der Waals surface area contributed by atoms with Crippen LogP contribution in [-0.2, 0) is 19.1 Å². The highest BCUT2D eigenvalue weighted by molar-refractivity contribution is 8.02. The van der Waals surface area contributed by atoms with E-state index in [2.05, 4.69) is 11.0 Å². The first-order valence-corrected chi connectivity index (χ1v) is 13.4. The molecule has 5 aliphatic rings. The van der Waals surface area contributed by atoms with E-state index < -0.39 is 33.4 Å². The van der Waals surface area contributed by atoms with Crippen molar-refractivity contribution in [2.24, 2.45) is 11.8 Å². The number of likely N-dealkylation sites (N-methyl/N-ethyl adjacent to an activating group) is 1. The fourth-order valence-electron chi connectivity index (χ4n) is 6.48. The van der Waals surface area contributed by atoms with Gasteiger partial charge < -0.3 is 24.5 Å². The van der Waals surface area contributed by atoms with Crippen LogP contribution in [0.4, 0.5) is 0 Å². The van der Waals surface area contributed by atoms with E-state index in [0.29, 0.717) is 32.8 Å². The Morgan fingerprint density at radius 1 is 1.06 bits per heavy atom. The lowest BCUT2D eigenvalue weighted by Gasteiger charge is -2.39. The molecule has 3 saturated heterocycles. The van der Waals surface area contributed by atoms with Crippen LogP contribution in [0.15, 0.2) is 24.3 Å². The Balaban J connectivity index is 1.52. The van der Waals surface area contributed by atoms with Gasteiger partial charge in [0.1, 0.15) is 6.04 Å². The van der Waals surface area contributed by atoms with Crippen molar-refractivity contribution in [2.45, 2.75) is 35.4 Å². The average Bonchev–Trinajstić information content (AvgIpc) is 3.14. The summed E-state index contributed by atoms with van der Waals surface area (Å²) in [5.74, 6) is -1.60. The van der Waals surface area contributed by atoms with Crippen molar-refractivity contribution in [3.05, 3.63) is 24.3 Å². The zero-order chi connectivity index (χ0) is 25.0. The molecule has 1 unspecified atom stereocenters. The van der Waals surface area contributed by atoms with E-state index in [-0.39, 0.29) is 24.3 Å². The number of carbonyl (C=O) groups is 3. The van der Waals surface area contributed by atoms with Crippen LogP contribution in [0.2, 0.25) is 0 Å². The number of amides is 3. The van der Waals surface area contributed by atoms with Gasteiger partial charge in [-0.2, -0.15) is 0 Å². The van der Waals surface area contributed by atoms with E-state index in [0.717, 1.165) is 19.6 Å². The van der Waals surface area contributed by atoms with Gasteiger partial charge in [-0.3, -0.25) is 19.3 Å². The maximum atomic E-state index is 14.2. The molecule has 0 radical (unpaired) electrons. The Bertz CT molecular complexity index is 952. The molecule has 192 valence electrons. The number of carbonyl (C=O) groups excluding carboxylic acids is 3. The van der Waals surface area contributed by atoms with Gasteiger partial charge in [-0.15, -0.1) is 11.8 Å². The van der Waals surface area contributed by atoms with Gasteiger partial charge in [-0.1, -0.05) is 24.3 Å². The smallest absolute Gasteiger partial charge is 0.247 e. The second-order valence-electron chi connectivity index (χ2n) is 10.5. The standard InChI is InChI=1S/C25H36N4O5S/c1-17(16-30)29-20-23(33)28(11-10-27-12-14-34-15-13-27)9-5-7-25(20)19(22(29)32)18-21(31)26(3)8-4-6-24(18,2)35-25/h4-7,17-20,30H,8-16H2,1-3H3/t17-,18+,19+,20?,24-,25+/m1/s1. The molecule has 3 fully saturated rings. The molecule has 0 aliphatic carbocycles. The molecular formula is C25H36N4O5S. The van der Waals surface area contributed by atoms with E-state index in [1.54, 1.807) is 35.5 Å². The van der Waals surface area contributed by atoms with Crippen molar-refractivity contribution < 1.29 is 24.2 Å². The SMILES string of the molecule is C[C@H](CO)N1C(=O)[C@@H]2[C@H]3C(=O)N(C)CC=C[C@@]3(C)S[C@@]23C=CCN(CCN2CCOCC2)C(=O)C13. The number of hydrogen-bond donors (Lipinski definition) is 1.